The van der Waals surface area contributed by atoms with Gasteiger partial charge >= 0.3 is 0 Å². The van der Waals surface area contributed by atoms with E-state index in [0.717, 1.165) is 24.0 Å². The van der Waals surface area contributed by atoms with Crippen LogP contribution in [-0.4, -0.2) is 8.42 Å². The first kappa shape index (κ1) is 16.7. The molecular formula is C16H23NO2S. The average Bonchev–Trinajstić information content (AvgIpc) is 2.37. The number of allylic oxidation sites excluding steroid dienone is 3. The summed E-state index contributed by atoms with van der Waals surface area (Å²) >= 11 is 0. The van der Waals surface area contributed by atoms with Crippen LogP contribution in [0.2, 0.25) is 0 Å². The molecule has 0 aromatic heterocycles. The molecule has 1 N–H and O–H groups in total. The summed E-state index contributed by atoms with van der Waals surface area (Å²) in [5.74, 6) is 0. The number of hydrogen-bond acceptors (Lipinski definition) is 2. The maximum Gasteiger partial charge on any atom is 0.233 e. The molecule has 0 aliphatic carbocycles. The fourth-order valence-electron chi connectivity index (χ4n) is 1.73. The molecule has 0 spiro atoms. The molecule has 0 aliphatic heterocycles. The molecule has 0 aliphatic rings. The summed E-state index contributed by atoms with van der Waals surface area (Å²) in [6.07, 6.45) is 3.75. The van der Waals surface area contributed by atoms with Gasteiger partial charge in [0.1, 0.15) is 0 Å². The van der Waals surface area contributed by atoms with E-state index in [4.69, 9.17) is 0 Å². The molecule has 1 rings (SSSR count). The molecule has 0 atom stereocenters. The van der Waals surface area contributed by atoms with Crippen molar-refractivity contribution in [3.05, 3.63) is 58.5 Å². The molecule has 3 nitrogen and oxygen atoms in total. The van der Waals surface area contributed by atoms with Crippen LogP contribution in [-0.2, 0) is 16.6 Å². The van der Waals surface area contributed by atoms with Crippen LogP contribution in [0.25, 0.3) is 0 Å². The minimum Gasteiger partial charge on any atom is -0.208 e. The standard InChI is InChI=1S/C16H23NO2S/c1-14(2)8-7-9-15(3)13-20(18,19)17-12-16-10-5-4-6-11-16/h4-6,8,10-11,13,17H,7,9,12H2,1-3H3. The summed E-state index contributed by atoms with van der Waals surface area (Å²) in [6, 6.07) is 9.49. The van der Waals surface area contributed by atoms with E-state index in [1.54, 1.807) is 0 Å². The molecule has 0 saturated heterocycles. The maximum absolute atomic E-state index is 11.9. The summed E-state index contributed by atoms with van der Waals surface area (Å²) in [6.45, 7) is 6.25. The van der Waals surface area contributed by atoms with Crippen LogP contribution in [0, 0.1) is 0 Å². The smallest absolute Gasteiger partial charge is 0.208 e. The van der Waals surface area contributed by atoms with Crippen molar-refractivity contribution in [1.82, 2.24) is 4.72 Å². The van der Waals surface area contributed by atoms with Crippen molar-refractivity contribution < 1.29 is 8.42 Å². The predicted molar refractivity (Wildman–Crippen MR) is 84.6 cm³/mol. The van der Waals surface area contributed by atoms with Crippen molar-refractivity contribution in [2.24, 2.45) is 0 Å². The second kappa shape index (κ2) is 8.02. The molecule has 0 heterocycles. The van der Waals surface area contributed by atoms with Crippen molar-refractivity contribution in [2.75, 3.05) is 0 Å². The molecule has 4 heteroatoms. The SMILES string of the molecule is CC(C)=CCCC(C)=CS(=O)(=O)NCc1ccccc1. The van der Waals surface area contributed by atoms with E-state index in [1.165, 1.54) is 11.0 Å². The summed E-state index contributed by atoms with van der Waals surface area (Å²) in [5.41, 5.74) is 3.07. The van der Waals surface area contributed by atoms with Crippen LogP contribution in [0.1, 0.15) is 39.2 Å². The highest BCUT2D eigenvalue weighted by Gasteiger charge is 2.06. The fourth-order valence-corrected chi connectivity index (χ4v) is 2.83. The number of hydrogen-bond donors (Lipinski definition) is 1. The molecule has 0 amide bonds. The van der Waals surface area contributed by atoms with Crippen LogP contribution in [0.4, 0.5) is 0 Å². The van der Waals surface area contributed by atoms with Gasteiger partial charge in [0.2, 0.25) is 10.0 Å². The lowest BCUT2D eigenvalue weighted by atomic mass is 10.1. The highest BCUT2D eigenvalue weighted by atomic mass is 32.2. The zero-order chi connectivity index (χ0) is 15.0. The lowest BCUT2D eigenvalue weighted by Gasteiger charge is -2.04. The topological polar surface area (TPSA) is 46.2 Å². The molecule has 0 radical (unpaired) electrons. The monoisotopic (exact) mass is 293 g/mol. The Labute approximate surface area is 122 Å². The molecule has 0 unspecified atom stereocenters. The van der Waals surface area contributed by atoms with Gasteiger partial charge < -0.3 is 0 Å². The second-order valence-corrected chi connectivity index (χ2v) is 6.75. The van der Waals surface area contributed by atoms with E-state index < -0.39 is 10.0 Å². The molecule has 1 aromatic rings. The maximum atomic E-state index is 11.9. The Morgan fingerprint density at radius 2 is 1.80 bits per heavy atom. The summed E-state index contributed by atoms with van der Waals surface area (Å²) < 4.78 is 26.4. The van der Waals surface area contributed by atoms with Crippen LogP contribution < -0.4 is 4.72 Å². The Kier molecular flexibility index (Phi) is 6.68. The van der Waals surface area contributed by atoms with E-state index in [9.17, 15) is 8.42 Å². The van der Waals surface area contributed by atoms with Gasteiger partial charge in [0, 0.05) is 12.0 Å². The van der Waals surface area contributed by atoms with Gasteiger partial charge in [-0.3, -0.25) is 0 Å². The molecular weight excluding hydrogens is 270 g/mol. The van der Waals surface area contributed by atoms with E-state index in [2.05, 4.69) is 10.8 Å². The molecule has 0 saturated carbocycles. The first-order valence-corrected chi connectivity index (χ1v) is 8.28. The van der Waals surface area contributed by atoms with E-state index in [-0.39, 0.29) is 0 Å². The van der Waals surface area contributed by atoms with E-state index in [1.807, 2.05) is 51.1 Å². The third kappa shape index (κ3) is 7.26. The molecule has 0 bridgehead atoms. The lowest BCUT2D eigenvalue weighted by Crippen LogP contribution is -2.21. The van der Waals surface area contributed by atoms with Gasteiger partial charge in [0.15, 0.2) is 0 Å². The Bertz CT molecular complexity index is 568. The molecule has 20 heavy (non-hydrogen) atoms. The minimum atomic E-state index is -3.36. The average molecular weight is 293 g/mol. The van der Waals surface area contributed by atoms with Crippen LogP contribution in [0.3, 0.4) is 0 Å². The number of nitrogens with one attached hydrogen (secondary N) is 1. The van der Waals surface area contributed by atoms with Gasteiger partial charge in [-0.25, -0.2) is 13.1 Å². The normalized spacial score (nSPS) is 12.2. The third-order valence-corrected chi connectivity index (χ3v) is 4.03. The predicted octanol–water partition coefficient (Wildman–Crippen LogP) is 3.76. The van der Waals surface area contributed by atoms with Gasteiger partial charge in [-0.2, -0.15) is 0 Å². The first-order chi connectivity index (χ1) is 9.39. The van der Waals surface area contributed by atoms with Gasteiger partial charge in [-0.05, 0) is 39.2 Å². The second-order valence-electron chi connectivity index (χ2n) is 5.14. The molecule has 0 fully saturated rings. The quantitative estimate of drug-likeness (QED) is 0.778. The van der Waals surface area contributed by atoms with Gasteiger partial charge in [0.25, 0.3) is 0 Å². The van der Waals surface area contributed by atoms with Gasteiger partial charge in [-0.1, -0.05) is 47.6 Å². The van der Waals surface area contributed by atoms with Crippen LogP contribution in [0.5, 0.6) is 0 Å². The summed E-state index contributed by atoms with van der Waals surface area (Å²) in [7, 11) is -3.36. The largest absolute Gasteiger partial charge is 0.233 e. The fraction of sp³-hybridized carbons (Fsp3) is 0.375. The Hall–Kier alpha value is -1.39. The Morgan fingerprint density at radius 3 is 2.40 bits per heavy atom. The number of benzene rings is 1. The number of rotatable bonds is 7. The highest BCUT2D eigenvalue weighted by molar-refractivity contribution is 7.92. The van der Waals surface area contributed by atoms with Gasteiger partial charge in [-0.15, -0.1) is 0 Å². The zero-order valence-corrected chi connectivity index (χ0v) is 13.2. The first-order valence-electron chi connectivity index (χ1n) is 6.73. The lowest BCUT2D eigenvalue weighted by molar-refractivity contribution is 0.590. The zero-order valence-electron chi connectivity index (χ0n) is 12.4. The Balaban J connectivity index is 2.53. The summed E-state index contributed by atoms with van der Waals surface area (Å²) in [5, 5.41) is 1.33. The highest BCUT2D eigenvalue weighted by Crippen LogP contribution is 2.09. The van der Waals surface area contributed by atoms with Gasteiger partial charge in [0.05, 0.1) is 0 Å². The van der Waals surface area contributed by atoms with Crippen molar-refractivity contribution >= 4 is 10.0 Å². The van der Waals surface area contributed by atoms with Crippen LogP contribution in [0.15, 0.2) is 53.0 Å². The third-order valence-electron chi connectivity index (χ3n) is 2.77. The molecule has 1 aromatic carbocycles. The minimum absolute atomic E-state index is 0.320. The molecule has 110 valence electrons. The van der Waals surface area contributed by atoms with Crippen molar-refractivity contribution in [3.8, 4) is 0 Å². The van der Waals surface area contributed by atoms with E-state index >= 15 is 0 Å². The van der Waals surface area contributed by atoms with Crippen LogP contribution >= 0.6 is 0 Å². The summed E-state index contributed by atoms with van der Waals surface area (Å²) in [4.78, 5) is 0. The van der Waals surface area contributed by atoms with Crippen molar-refractivity contribution in [1.29, 1.82) is 0 Å². The van der Waals surface area contributed by atoms with Crippen molar-refractivity contribution in [2.45, 2.75) is 40.2 Å². The number of sulfonamides is 1. The van der Waals surface area contributed by atoms with E-state index in [0.29, 0.717) is 6.54 Å². The Morgan fingerprint density at radius 1 is 1.15 bits per heavy atom. The van der Waals surface area contributed by atoms with Crippen molar-refractivity contribution in [3.63, 3.8) is 0 Å².